The van der Waals surface area contributed by atoms with E-state index in [0.29, 0.717) is 12.0 Å². The minimum atomic E-state index is -0.914. The maximum absolute atomic E-state index is 11.3. The largest absolute Gasteiger partial charge is 0.478 e. The van der Waals surface area contributed by atoms with Crippen molar-refractivity contribution < 1.29 is 9.90 Å². The summed E-state index contributed by atoms with van der Waals surface area (Å²) in [6, 6.07) is 16.4. The van der Waals surface area contributed by atoms with Crippen LogP contribution in [0.2, 0.25) is 0 Å². The monoisotopic (exact) mass is 363 g/mol. The Bertz CT molecular complexity index is 964. The summed E-state index contributed by atoms with van der Waals surface area (Å²) in [4.78, 5) is 18.5. The first kappa shape index (κ1) is 17.7. The maximum Gasteiger partial charge on any atom is 0.335 e. The Labute approximate surface area is 159 Å². The van der Waals surface area contributed by atoms with Crippen LogP contribution in [0, 0.1) is 0 Å². The average molecular weight is 363 g/mol. The maximum atomic E-state index is 11.3. The minimum Gasteiger partial charge on any atom is -0.478 e. The molecule has 0 radical (unpaired) electrons. The van der Waals surface area contributed by atoms with E-state index < -0.39 is 5.97 Å². The molecule has 0 bridgehead atoms. The van der Waals surface area contributed by atoms with Gasteiger partial charge in [0.2, 0.25) is 0 Å². The molecule has 0 spiro atoms. The molecule has 1 saturated heterocycles. The number of hydrogen-bond donors (Lipinski definition) is 1. The molecular weight excluding hydrogens is 338 g/mol. The second-order valence-electron chi connectivity index (χ2n) is 7.40. The van der Waals surface area contributed by atoms with Crippen molar-refractivity contribution in [3.63, 3.8) is 0 Å². The van der Waals surface area contributed by atoms with Crippen LogP contribution >= 0.6 is 0 Å². The van der Waals surface area contributed by atoms with Crippen LogP contribution in [0.25, 0.3) is 11.0 Å². The van der Waals surface area contributed by atoms with Crippen LogP contribution in [0.3, 0.4) is 0 Å². The Morgan fingerprint density at radius 2 is 2.00 bits per heavy atom. The van der Waals surface area contributed by atoms with Crippen LogP contribution < -0.4 is 0 Å². The quantitative estimate of drug-likeness (QED) is 0.740. The van der Waals surface area contributed by atoms with Gasteiger partial charge in [0.1, 0.15) is 5.82 Å². The number of aromatic nitrogens is 2. The first-order chi connectivity index (χ1) is 13.1. The normalized spacial score (nSPS) is 20.4. The Morgan fingerprint density at radius 1 is 1.22 bits per heavy atom. The lowest BCUT2D eigenvalue weighted by atomic mass is 9.97. The Hall–Kier alpha value is -2.66. The number of benzene rings is 2. The molecule has 2 atom stereocenters. The van der Waals surface area contributed by atoms with E-state index in [4.69, 9.17) is 4.98 Å². The highest BCUT2D eigenvalue weighted by Crippen LogP contribution is 2.32. The van der Waals surface area contributed by atoms with E-state index in [0.717, 1.165) is 42.9 Å². The minimum absolute atomic E-state index is 0.286. The van der Waals surface area contributed by atoms with E-state index in [-0.39, 0.29) is 5.56 Å². The van der Waals surface area contributed by atoms with Gasteiger partial charge < -0.3 is 9.67 Å². The number of imidazole rings is 1. The molecule has 27 heavy (non-hydrogen) atoms. The van der Waals surface area contributed by atoms with Crippen molar-refractivity contribution >= 4 is 17.0 Å². The van der Waals surface area contributed by atoms with Gasteiger partial charge in [-0.25, -0.2) is 9.78 Å². The number of carboxylic acids is 1. The lowest BCUT2D eigenvalue weighted by Gasteiger charge is -2.21. The molecule has 1 N–H and O–H groups in total. The van der Waals surface area contributed by atoms with Crippen molar-refractivity contribution in [2.75, 3.05) is 6.54 Å². The zero-order valence-corrected chi connectivity index (χ0v) is 15.8. The number of aromatic carboxylic acids is 1. The number of nitrogens with zero attached hydrogens (tertiary/aromatic N) is 3. The van der Waals surface area contributed by atoms with E-state index in [9.17, 15) is 9.90 Å². The average Bonchev–Trinajstić information content (AvgIpc) is 3.21. The highest BCUT2D eigenvalue weighted by molar-refractivity contribution is 5.92. The number of likely N-dealkylation sites (tertiary alicyclic amines) is 1. The summed E-state index contributed by atoms with van der Waals surface area (Å²) in [6.07, 6.45) is 1.15. The van der Waals surface area contributed by atoms with E-state index in [1.807, 2.05) is 6.07 Å². The first-order valence-electron chi connectivity index (χ1n) is 9.58. The van der Waals surface area contributed by atoms with E-state index in [1.54, 1.807) is 12.1 Å². The van der Waals surface area contributed by atoms with Crippen molar-refractivity contribution in [1.29, 1.82) is 0 Å². The summed E-state index contributed by atoms with van der Waals surface area (Å²) < 4.78 is 2.20. The molecule has 0 saturated carbocycles. The zero-order valence-electron chi connectivity index (χ0n) is 15.8. The van der Waals surface area contributed by atoms with Crippen LogP contribution in [0.15, 0.2) is 48.5 Å². The van der Waals surface area contributed by atoms with E-state index >= 15 is 0 Å². The fraction of sp³-hybridized carbons (Fsp3) is 0.364. The molecular formula is C22H25N3O2. The number of fused-ring (bicyclic) bond motifs is 1. The van der Waals surface area contributed by atoms with Gasteiger partial charge in [-0.2, -0.15) is 0 Å². The summed E-state index contributed by atoms with van der Waals surface area (Å²) in [6.45, 7) is 7.02. The third kappa shape index (κ3) is 3.35. The summed E-state index contributed by atoms with van der Waals surface area (Å²) in [5.41, 5.74) is 3.46. The van der Waals surface area contributed by atoms with Gasteiger partial charge in [-0.1, -0.05) is 30.3 Å². The molecule has 3 aromatic rings. The van der Waals surface area contributed by atoms with Crippen LogP contribution in [0.4, 0.5) is 0 Å². The van der Waals surface area contributed by atoms with E-state index in [2.05, 4.69) is 53.6 Å². The summed E-state index contributed by atoms with van der Waals surface area (Å²) in [5, 5.41) is 9.24. The van der Waals surface area contributed by atoms with Crippen molar-refractivity contribution in [3.05, 3.63) is 65.5 Å². The van der Waals surface area contributed by atoms with Gasteiger partial charge >= 0.3 is 5.97 Å². The highest BCUT2D eigenvalue weighted by Gasteiger charge is 2.31. The van der Waals surface area contributed by atoms with Crippen molar-refractivity contribution in [2.45, 2.75) is 45.3 Å². The molecule has 140 valence electrons. The van der Waals surface area contributed by atoms with E-state index in [1.165, 1.54) is 5.56 Å². The molecule has 1 aromatic heterocycles. The molecule has 5 nitrogen and oxygen atoms in total. The molecule has 5 heteroatoms. The van der Waals surface area contributed by atoms with Crippen molar-refractivity contribution in [2.24, 2.45) is 0 Å². The third-order valence-electron chi connectivity index (χ3n) is 5.71. The SMILES string of the molecule is CCn1c(CN2CC(c3ccccc3)CC2C)nc2cc(C(=O)O)ccc21. The van der Waals surface area contributed by atoms with Gasteiger partial charge in [0.15, 0.2) is 0 Å². The van der Waals surface area contributed by atoms with Gasteiger partial charge in [-0.15, -0.1) is 0 Å². The Balaban J connectivity index is 1.60. The van der Waals surface area contributed by atoms with Gasteiger partial charge in [0.25, 0.3) is 0 Å². The fourth-order valence-electron chi connectivity index (χ4n) is 4.25. The van der Waals surface area contributed by atoms with Gasteiger partial charge in [-0.3, -0.25) is 4.90 Å². The standard InChI is InChI=1S/C22H25N3O2/c1-3-25-20-10-9-17(22(26)27)12-19(20)23-21(25)14-24-13-18(11-15(24)2)16-7-5-4-6-8-16/h4-10,12,15,18H,3,11,13-14H2,1-2H3,(H,26,27). The number of aryl methyl sites for hydroxylation is 1. The second kappa shape index (κ2) is 7.16. The molecule has 4 rings (SSSR count). The smallest absolute Gasteiger partial charge is 0.335 e. The summed E-state index contributed by atoms with van der Waals surface area (Å²) in [7, 11) is 0. The topological polar surface area (TPSA) is 58.4 Å². The number of rotatable bonds is 5. The first-order valence-corrected chi connectivity index (χ1v) is 9.58. The van der Waals surface area contributed by atoms with Crippen LogP contribution in [0.1, 0.15) is 47.9 Å². The number of hydrogen-bond acceptors (Lipinski definition) is 3. The third-order valence-corrected chi connectivity index (χ3v) is 5.71. The molecule has 1 aliphatic rings. The Morgan fingerprint density at radius 3 is 2.70 bits per heavy atom. The van der Waals surface area contributed by atoms with Gasteiger partial charge in [0, 0.05) is 19.1 Å². The van der Waals surface area contributed by atoms with Crippen molar-refractivity contribution in [3.8, 4) is 0 Å². The molecule has 2 heterocycles. The zero-order chi connectivity index (χ0) is 19.0. The molecule has 0 aliphatic carbocycles. The lowest BCUT2D eigenvalue weighted by molar-refractivity contribution is 0.0697. The number of carbonyl (C=O) groups is 1. The summed E-state index contributed by atoms with van der Waals surface area (Å²) >= 11 is 0. The molecule has 0 amide bonds. The lowest BCUT2D eigenvalue weighted by Crippen LogP contribution is -2.28. The molecule has 1 fully saturated rings. The van der Waals surface area contributed by atoms with Crippen LogP contribution in [-0.4, -0.2) is 38.1 Å². The molecule has 2 aromatic carbocycles. The highest BCUT2D eigenvalue weighted by atomic mass is 16.4. The van der Waals surface area contributed by atoms with Crippen LogP contribution in [0.5, 0.6) is 0 Å². The van der Waals surface area contributed by atoms with Gasteiger partial charge in [-0.05, 0) is 49.9 Å². The fourth-order valence-corrected chi connectivity index (χ4v) is 4.25. The number of carboxylic acid groups (broad SMARTS) is 1. The van der Waals surface area contributed by atoms with Gasteiger partial charge in [0.05, 0.1) is 23.1 Å². The van der Waals surface area contributed by atoms with Crippen LogP contribution in [-0.2, 0) is 13.1 Å². The second-order valence-corrected chi connectivity index (χ2v) is 7.40. The molecule has 1 aliphatic heterocycles. The van der Waals surface area contributed by atoms with Crippen molar-refractivity contribution in [1.82, 2.24) is 14.5 Å². The predicted molar refractivity (Wildman–Crippen MR) is 106 cm³/mol. The predicted octanol–water partition coefficient (Wildman–Crippen LogP) is 4.13. The molecule has 2 unspecified atom stereocenters. The summed E-state index contributed by atoms with van der Waals surface area (Å²) in [5.74, 6) is 0.651. The Kier molecular flexibility index (Phi) is 4.70.